The molecular formula is C21H18FNO2. The van der Waals surface area contributed by atoms with Crippen molar-refractivity contribution in [3.8, 4) is 5.75 Å². The number of hydrogen-bond donors (Lipinski definition) is 1. The molecule has 3 aromatic carbocycles. The lowest BCUT2D eigenvalue weighted by atomic mass is 10.1. The van der Waals surface area contributed by atoms with Gasteiger partial charge in [0.25, 0.3) is 5.91 Å². The minimum absolute atomic E-state index is 0.246. The van der Waals surface area contributed by atoms with Crippen LogP contribution in [0.2, 0.25) is 0 Å². The van der Waals surface area contributed by atoms with E-state index in [1.165, 1.54) is 12.1 Å². The van der Waals surface area contributed by atoms with E-state index in [1.54, 1.807) is 37.3 Å². The van der Waals surface area contributed by atoms with Gasteiger partial charge >= 0.3 is 0 Å². The third-order valence-corrected chi connectivity index (χ3v) is 3.80. The van der Waals surface area contributed by atoms with Crippen molar-refractivity contribution in [3.63, 3.8) is 0 Å². The minimum atomic E-state index is -0.324. The Morgan fingerprint density at radius 2 is 1.72 bits per heavy atom. The van der Waals surface area contributed by atoms with Crippen LogP contribution in [0.25, 0.3) is 0 Å². The summed E-state index contributed by atoms with van der Waals surface area (Å²) < 4.78 is 18.8. The van der Waals surface area contributed by atoms with Gasteiger partial charge in [-0.15, -0.1) is 0 Å². The highest BCUT2D eigenvalue weighted by atomic mass is 19.1. The maximum atomic E-state index is 13.1. The molecule has 126 valence electrons. The highest BCUT2D eigenvalue weighted by Crippen LogP contribution is 2.18. The van der Waals surface area contributed by atoms with Gasteiger partial charge in [0.1, 0.15) is 18.2 Å². The van der Waals surface area contributed by atoms with Gasteiger partial charge < -0.3 is 10.1 Å². The third-order valence-electron chi connectivity index (χ3n) is 3.80. The largest absolute Gasteiger partial charge is 0.489 e. The number of aryl methyl sites for hydroxylation is 1. The molecule has 3 nitrogen and oxygen atoms in total. The fraction of sp³-hybridized carbons (Fsp3) is 0.0952. The molecule has 0 aromatic heterocycles. The number of benzene rings is 3. The lowest BCUT2D eigenvalue weighted by Crippen LogP contribution is -2.12. The van der Waals surface area contributed by atoms with Gasteiger partial charge in [-0.1, -0.05) is 30.3 Å². The number of rotatable bonds is 5. The standard InChI is InChI=1S/C21H18FNO2/c1-15-13-18(22)9-12-20(15)23-21(24)17-7-10-19(11-8-17)25-14-16-5-3-2-4-6-16/h2-13H,14H2,1H3,(H,23,24). The normalized spacial score (nSPS) is 10.3. The van der Waals surface area contributed by atoms with E-state index in [2.05, 4.69) is 5.32 Å². The van der Waals surface area contributed by atoms with E-state index in [9.17, 15) is 9.18 Å². The van der Waals surface area contributed by atoms with Crippen molar-refractivity contribution >= 4 is 11.6 Å². The van der Waals surface area contributed by atoms with Crippen LogP contribution in [-0.4, -0.2) is 5.91 Å². The Hall–Kier alpha value is -3.14. The lowest BCUT2D eigenvalue weighted by Gasteiger charge is -2.10. The summed E-state index contributed by atoms with van der Waals surface area (Å²) in [6.45, 7) is 2.22. The molecule has 3 aromatic rings. The zero-order valence-electron chi connectivity index (χ0n) is 13.8. The van der Waals surface area contributed by atoms with Crippen LogP contribution in [0.5, 0.6) is 5.75 Å². The Balaban J connectivity index is 1.62. The van der Waals surface area contributed by atoms with Gasteiger partial charge in [-0.3, -0.25) is 4.79 Å². The molecule has 0 aliphatic heterocycles. The number of halogens is 1. The molecule has 0 fully saturated rings. The predicted octanol–water partition coefficient (Wildman–Crippen LogP) is 4.97. The summed E-state index contributed by atoms with van der Waals surface area (Å²) >= 11 is 0. The van der Waals surface area contributed by atoms with Crippen molar-refractivity contribution in [2.75, 3.05) is 5.32 Å². The lowest BCUT2D eigenvalue weighted by molar-refractivity contribution is 0.102. The third kappa shape index (κ3) is 4.44. The monoisotopic (exact) mass is 335 g/mol. The highest BCUT2D eigenvalue weighted by Gasteiger charge is 2.08. The second-order valence-electron chi connectivity index (χ2n) is 5.71. The summed E-state index contributed by atoms with van der Waals surface area (Å²) in [5.41, 5.74) is 2.86. The number of anilines is 1. The smallest absolute Gasteiger partial charge is 0.255 e. The molecule has 25 heavy (non-hydrogen) atoms. The summed E-state index contributed by atoms with van der Waals surface area (Å²) in [6, 6.07) is 21.1. The fourth-order valence-corrected chi connectivity index (χ4v) is 2.41. The molecule has 0 saturated carbocycles. The first-order chi connectivity index (χ1) is 12.1. The summed E-state index contributed by atoms with van der Waals surface area (Å²) in [5, 5.41) is 2.78. The molecule has 3 rings (SSSR count). The van der Waals surface area contributed by atoms with Gasteiger partial charge in [0.2, 0.25) is 0 Å². The molecule has 0 bridgehead atoms. The van der Waals surface area contributed by atoms with Crippen molar-refractivity contribution in [2.45, 2.75) is 13.5 Å². The topological polar surface area (TPSA) is 38.3 Å². The molecule has 0 aliphatic carbocycles. The van der Waals surface area contributed by atoms with Crippen molar-refractivity contribution < 1.29 is 13.9 Å². The molecule has 0 spiro atoms. The van der Waals surface area contributed by atoms with Gasteiger partial charge in [0.15, 0.2) is 0 Å². The zero-order chi connectivity index (χ0) is 17.6. The van der Waals surface area contributed by atoms with Crippen LogP contribution in [0.1, 0.15) is 21.5 Å². The molecule has 0 radical (unpaired) electrons. The molecule has 1 N–H and O–H groups in total. The summed E-state index contributed by atoms with van der Waals surface area (Å²) in [4.78, 5) is 12.3. The quantitative estimate of drug-likeness (QED) is 0.715. The summed E-state index contributed by atoms with van der Waals surface area (Å²) in [7, 11) is 0. The zero-order valence-corrected chi connectivity index (χ0v) is 13.8. The maximum Gasteiger partial charge on any atom is 0.255 e. The molecule has 1 amide bonds. The number of nitrogens with one attached hydrogen (secondary N) is 1. The molecule has 0 aliphatic rings. The molecule has 4 heteroatoms. The Morgan fingerprint density at radius 1 is 1.00 bits per heavy atom. The van der Waals surface area contributed by atoms with Gasteiger partial charge in [-0.05, 0) is 60.5 Å². The van der Waals surface area contributed by atoms with E-state index in [-0.39, 0.29) is 11.7 Å². The van der Waals surface area contributed by atoms with Crippen LogP contribution >= 0.6 is 0 Å². The first-order valence-electron chi connectivity index (χ1n) is 7.96. The molecule has 0 unspecified atom stereocenters. The number of amides is 1. The second-order valence-corrected chi connectivity index (χ2v) is 5.71. The number of ether oxygens (including phenoxy) is 1. The first-order valence-corrected chi connectivity index (χ1v) is 7.96. The van der Waals surface area contributed by atoms with E-state index in [0.717, 1.165) is 5.56 Å². The van der Waals surface area contributed by atoms with Crippen molar-refractivity contribution in [2.24, 2.45) is 0 Å². The van der Waals surface area contributed by atoms with E-state index in [1.807, 2.05) is 30.3 Å². The van der Waals surface area contributed by atoms with E-state index in [4.69, 9.17) is 4.74 Å². The number of carbonyl (C=O) groups excluding carboxylic acids is 1. The Morgan fingerprint density at radius 3 is 2.40 bits per heavy atom. The minimum Gasteiger partial charge on any atom is -0.489 e. The van der Waals surface area contributed by atoms with Gasteiger partial charge in [0, 0.05) is 11.3 Å². The van der Waals surface area contributed by atoms with Crippen LogP contribution in [0.15, 0.2) is 72.8 Å². The second kappa shape index (κ2) is 7.62. The Labute approximate surface area is 146 Å². The first kappa shape index (κ1) is 16.7. The highest BCUT2D eigenvalue weighted by molar-refractivity contribution is 6.04. The van der Waals surface area contributed by atoms with Crippen LogP contribution in [0.3, 0.4) is 0 Å². The summed E-state index contributed by atoms with van der Waals surface area (Å²) in [6.07, 6.45) is 0. The van der Waals surface area contributed by atoms with Crippen LogP contribution < -0.4 is 10.1 Å². The molecular weight excluding hydrogens is 317 g/mol. The molecule has 0 saturated heterocycles. The van der Waals surface area contributed by atoms with Crippen LogP contribution in [0.4, 0.5) is 10.1 Å². The van der Waals surface area contributed by atoms with Crippen molar-refractivity contribution in [1.82, 2.24) is 0 Å². The maximum absolute atomic E-state index is 13.1. The Kier molecular flexibility index (Phi) is 5.09. The molecule has 0 atom stereocenters. The van der Waals surface area contributed by atoms with E-state index >= 15 is 0 Å². The summed E-state index contributed by atoms with van der Waals surface area (Å²) in [5.74, 6) is 0.123. The van der Waals surface area contributed by atoms with E-state index in [0.29, 0.717) is 29.2 Å². The van der Waals surface area contributed by atoms with Gasteiger partial charge in [0.05, 0.1) is 0 Å². The van der Waals surface area contributed by atoms with Gasteiger partial charge in [-0.2, -0.15) is 0 Å². The van der Waals surface area contributed by atoms with E-state index < -0.39 is 0 Å². The Bertz CT molecular complexity index is 861. The van der Waals surface area contributed by atoms with Crippen LogP contribution in [-0.2, 0) is 6.61 Å². The van der Waals surface area contributed by atoms with Crippen molar-refractivity contribution in [3.05, 3.63) is 95.3 Å². The average Bonchev–Trinajstić information content (AvgIpc) is 2.63. The predicted molar refractivity (Wildman–Crippen MR) is 96.3 cm³/mol. The van der Waals surface area contributed by atoms with Crippen molar-refractivity contribution in [1.29, 1.82) is 0 Å². The molecule has 0 heterocycles. The van der Waals surface area contributed by atoms with Crippen LogP contribution in [0, 0.1) is 12.7 Å². The fourth-order valence-electron chi connectivity index (χ4n) is 2.41. The van der Waals surface area contributed by atoms with Gasteiger partial charge in [-0.25, -0.2) is 4.39 Å². The average molecular weight is 335 g/mol. The number of carbonyl (C=O) groups is 1. The number of hydrogen-bond acceptors (Lipinski definition) is 2. The SMILES string of the molecule is Cc1cc(F)ccc1NC(=O)c1ccc(OCc2ccccc2)cc1.